The van der Waals surface area contributed by atoms with E-state index in [0.29, 0.717) is 23.1 Å². The molecule has 2 aromatic carbocycles. The maximum Gasteiger partial charge on any atom is 0.162 e. The molecule has 0 atom stereocenters. The zero-order valence-corrected chi connectivity index (χ0v) is 18.6. The fourth-order valence-electron chi connectivity index (χ4n) is 3.77. The number of anilines is 1. The predicted molar refractivity (Wildman–Crippen MR) is 125 cm³/mol. The highest BCUT2D eigenvalue weighted by molar-refractivity contribution is 6.30. The van der Waals surface area contributed by atoms with Gasteiger partial charge in [0.15, 0.2) is 11.5 Å². The van der Waals surface area contributed by atoms with Crippen molar-refractivity contribution in [3.05, 3.63) is 65.6 Å². The number of benzene rings is 2. The molecule has 4 rings (SSSR count). The monoisotopic (exact) mass is 452 g/mol. The molecule has 8 heteroatoms. The first kappa shape index (κ1) is 21.9. The molecule has 1 N–H and O–H groups in total. The summed E-state index contributed by atoms with van der Waals surface area (Å²) in [5.74, 6) is 2.03. The van der Waals surface area contributed by atoms with E-state index in [1.807, 2.05) is 42.6 Å². The standard InChI is InChI=1S/C24H25ClN4O3/c1-31-22-14-21-20(13-23(22)32-19-6-9-29(10-7-19)8-3-11-30)24(28-16-27-21)26-15-17-4-2-5-18(25)12-17/h2-5,8,11-14,16,19H,6-7,9-10,15H2,1H3,(H,26,27,28). The van der Waals surface area contributed by atoms with Crippen molar-refractivity contribution in [1.29, 1.82) is 0 Å². The number of allylic oxidation sites excluding steroid dienone is 1. The van der Waals surface area contributed by atoms with Crippen molar-refractivity contribution in [1.82, 2.24) is 14.9 Å². The quantitative estimate of drug-likeness (QED) is 0.399. The molecular weight excluding hydrogens is 428 g/mol. The zero-order chi connectivity index (χ0) is 22.3. The first-order valence-electron chi connectivity index (χ1n) is 10.5. The number of carbonyl (C=O) groups excluding carboxylic acids is 1. The SMILES string of the molecule is COc1cc2ncnc(NCc3cccc(Cl)c3)c2cc1OC1CCN(C=CC=O)CC1. The van der Waals surface area contributed by atoms with Crippen LogP contribution in [0.25, 0.3) is 10.9 Å². The summed E-state index contributed by atoms with van der Waals surface area (Å²) >= 11 is 6.10. The Bertz CT molecular complexity index is 1110. The van der Waals surface area contributed by atoms with E-state index < -0.39 is 0 Å². The molecule has 0 saturated carbocycles. The number of nitrogens with zero attached hydrogens (tertiary/aromatic N) is 3. The van der Waals surface area contributed by atoms with Gasteiger partial charge < -0.3 is 19.7 Å². The molecule has 1 aliphatic heterocycles. The van der Waals surface area contributed by atoms with Crippen LogP contribution < -0.4 is 14.8 Å². The molecule has 1 aromatic heterocycles. The lowest BCUT2D eigenvalue weighted by Gasteiger charge is -2.31. The van der Waals surface area contributed by atoms with Gasteiger partial charge in [-0.05, 0) is 29.8 Å². The van der Waals surface area contributed by atoms with Gasteiger partial charge in [0.05, 0.1) is 12.6 Å². The number of hydrogen-bond donors (Lipinski definition) is 1. The number of methoxy groups -OCH3 is 1. The van der Waals surface area contributed by atoms with Crippen molar-refractivity contribution in [2.75, 3.05) is 25.5 Å². The molecule has 0 bridgehead atoms. The number of ether oxygens (including phenoxy) is 2. The number of piperidine rings is 1. The molecule has 3 aromatic rings. The van der Waals surface area contributed by atoms with E-state index in [-0.39, 0.29) is 6.10 Å². The molecule has 7 nitrogen and oxygen atoms in total. The van der Waals surface area contributed by atoms with Gasteiger partial charge in [0.2, 0.25) is 0 Å². The third-order valence-electron chi connectivity index (χ3n) is 5.42. The second kappa shape index (κ2) is 10.3. The van der Waals surface area contributed by atoms with Crippen molar-refractivity contribution in [2.24, 2.45) is 0 Å². The summed E-state index contributed by atoms with van der Waals surface area (Å²) in [6, 6.07) is 11.5. The van der Waals surface area contributed by atoms with Gasteiger partial charge in [-0.3, -0.25) is 4.79 Å². The van der Waals surface area contributed by atoms with Gasteiger partial charge in [0, 0.05) is 55.2 Å². The van der Waals surface area contributed by atoms with Crippen LogP contribution in [0.5, 0.6) is 11.5 Å². The molecule has 0 aliphatic carbocycles. The molecule has 0 radical (unpaired) electrons. The van der Waals surface area contributed by atoms with Gasteiger partial charge in [-0.2, -0.15) is 0 Å². The fourth-order valence-corrected chi connectivity index (χ4v) is 3.98. The van der Waals surface area contributed by atoms with Crippen LogP contribution in [0.3, 0.4) is 0 Å². The van der Waals surface area contributed by atoms with E-state index in [0.717, 1.165) is 54.5 Å². The largest absolute Gasteiger partial charge is 0.493 e. The van der Waals surface area contributed by atoms with E-state index in [9.17, 15) is 4.79 Å². The van der Waals surface area contributed by atoms with Crippen LogP contribution in [0.15, 0.2) is 55.0 Å². The van der Waals surface area contributed by atoms with Crippen LogP contribution in [0.1, 0.15) is 18.4 Å². The number of carbonyl (C=O) groups is 1. The smallest absolute Gasteiger partial charge is 0.162 e. The Balaban J connectivity index is 1.53. The lowest BCUT2D eigenvalue weighted by molar-refractivity contribution is -0.104. The van der Waals surface area contributed by atoms with Crippen LogP contribution in [0.2, 0.25) is 5.02 Å². The van der Waals surface area contributed by atoms with Gasteiger partial charge in [-0.15, -0.1) is 0 Å². The average Bonchev–Trinajstić information content (AvgIpc) is 2.82. The molecule has 1 saturated heterocycles. The highest BCUT2D eigenvalue weighted by Crippen LogP contribution is 2.35. The van der Waals surface area contributed by atoms with E-state index in [1.165, 1.54) is 12.4 Å². The number of halogens is 1. The van der Waals surface area contributed by atoms with Crippen LogP contribution in [-0.2, 0) is 11.3 Å². The molecule has 166 valence electrons. The second-order valence-corrected chi connectivity index (χ2v) is 7.99. The zero-order valence-electron chi connectivity index (χ0n) is 17.8. The Morgan fingerprint density at radius 2 is 2.03 bits per heavy atom. The Labute approximate surface area is 192 Å². The van der Waals surface area contributed by atoms with Crippen LogP contribution in [-0.4, -0.2) is 47.5 Å². The summed E-state index contributed by atoms with van der Waals surface area (Å²) in [6.45, 7) is 2.25. The lowest BCUT2D eigenvalue weighted by Crippen LogP contribution is -2.35. The number of fused-ring (bicyclic) bond motifs is 1. The van der Waals surface area contributed by atoms with Crippen LogP contribution >= 0.6 is 11.6 Å². The predicted octanol–water partition coefficient (Wildman–Crippen LogP) is 4.46. The molecule has 1 fully saturated rings. The minimum atomic E-state index is 0.0646. The molecule has 0 amide bonds. The highest BCUT2D eigenvalue weighted by atomic mass is 35.5. The van der Waals surface area contributed by atoms with Gasteiger partial charge in [0.25, 0.3) is 0 Å². The molecule has 1 aliphatic rings. The molecule has 0 unspecified atom stereocenters. The summed E-state index contributed by atoms with van der Waals surface area (Å²) in [4.78, 5) is 21.5. The first-order valence-corrected chi connectivity index (χ1v) is 10.9. The summed E-state index contributed by atoms with van der Waals surface area (Å²) in [5.41, 5.74) is 1.83. The maximum atomic E-state index is 10.5. The average molecular weight is 453 g/mol. The Morgan fingerprint density at radius 1 is 1.19 bits per heavy atom. The molecule has 32 heavy (non-hydrogen) atoms. The third kappa shape index (κ3) is 5.29. The van der Waals surface area contributed by atoms with E-state index in [1.54, 1.807) is 7.11 Å². The Kier molecular flexibility index (Phi) is 7.07. The van der Waals surface area contributed by atoms with Crippen molar-refractivity contribution < 1.29 is 14.3 Å². The molecular formula is C24H25ClN4O3. The number of hydrogen-bond acceptors (Lipinski definition) is 7. The Morgan fingerprint density at radius 3 is 2.78 bits per heavy atom. The Hall–Kier alpha value is -3.32. The maximum absolute atomic E-state index is 10.5. The fraction of sp³-hybridized carbons (Fsp3) is 0.292. The van der Waals surface area contributed by atoms with Gasteiger partial charge >= 0.3 is 0 Å². The minimum absolute atomic E-state index is 0.0646. The number of rotatable bonds is 8. The highest BCUT2D eigenvalue weighted by Gasteiger charge is 2.21. The normalized spacial score (nSPS) is 14.6. The number of likely N-dealkylation sites (tertiary alicyclic amines) is 1. The number of aromatic nitrogens is 2. The molecule has 0 spiro atoms. The summed E-state index contributed by atoms with van der Waals surface area (Å²) in [7, 11) is 1.63. The van der Waals surface area contributed by atoms with E-state index in [4.69, 9.17) is 21.1 Å². The topological polar surface area (TPSA) is 76.6 Å². The summed E-state index contributed by atoms with van der Waals surface area (Å²) in [5, 5.41) is 4.93. The van der Waals surface area contributed by atoms with Gasteiger partial charge in [-0.1, -0.05) is 23.7 Å². The van der Waals surface area contributed by atoms with Crippen molar-refractivity contribution in [2.45, 2.75) is 25.5 Å². The van der Waals surface area contributed by atoms with Crippen molar-refractivity contribution >= 4 is 34.6 Å². The van der Waals surface area contributed by atoms with Crippen molar-refractivity contribution in [3.63, 3.8) is 0 Å². The number of aldehydes is 1. The third-order valence-corrected chi connectivity index (χ3v) is 5.65. The van der Waals surface area contributed by atoms with Crippen molar-refractivity contribution in [3.8, 4) is 11.5 Å². The second-order valence-electron chi connectivity index (χ2n) is 7.56. The molecule has 2 heterocycles. The lowest BCUT2D eigenvalue weighted by atomic mass is 10.1. The van der Waals surface area contributed by atoms with Gasteiger partial charge in [-0.25, -0.2) is 9.97 Å². The summed E-state index contributed by atoms with van der Waals surface area (Å²) in [6.07, 6.45) is 7.45. The first-order chi connectivity index (χ1) is 15.7. The summed E-state index contributed by atoms with van der Waals surface area (Å²) < 4.78 is 11.9. The van der Waals surface area contributed by atoms with Crippen LogP contribution in [0.4, 0.5) is 5.82 Å². The number of nitrogens with one attached hydrogen (secondary N) is 1. The van der Waals surface area contributed by atoms with Gasteiger partial charge in [0.1, 0.15) is 24.5 Å². The van der Waals surface area contributed by atoms with Crippen LogP contribution in [0, 0.1) is 0 Å². The van der Waals surface area contributed by atoms with E-state index in [2.05, 4.69) is 20.2 Å². The van der Waals surface area contributed by atoms with E-state index >= 15 is 0 Å². The minimum Gasteiger partial charge on any atom is -0.493 e.